The van der Waals surface area contributed by atoms with Crippen LogP contribution in [0.15, 0.2) is 0 Å². The number of carbonyl (C=O) groups is 2. The van der Waals surface area contributed by atoms with Crippen LogP contribution in [-0.4, -0.2) is 48.2 Å². The fourth-order valence-corrected chi connectivity index (χ4v) is 1.13. The van der Waals surface area contributed by atoms with E-state index >= 15 is 0 Å². The second-order valence-corrected chi connectivity index (χ2v) is 3.04. The highest BCUT2D eigenvalue weighted by Crippen LogP contribution is 1.98. The van der Waals surface area contributed by atoms with Gasteiger partial charge >= 0.3 is 5.97 Å². The van der Waals surface area contributed by atoms with Crippen LogP contribution in [-0.2, 0) is 14.3 Å². The number of aliphatic hydroxyl groups is 1. The number of likely N-dealkylation sites (N-methyl/N-ethyl adjacent to an activating group) is 1. The van der Waals surface area contributed by atoms with Crippen LogP contribution >= 0.6 is 0 Å². The van der Waals surface area contributed by atoms with Gasteiger partial charge in [-0.3, -0.25) is 9.59 Å². The minimum Gasteiger partial charge on any atom is -0.465 e. The highest BCUT2D eigenvalue weighted by Gasteiger charge is 2.15. The standard InChI is InChI=1S/C10H19NO4/c1-3-11(8-10(14)15-4-2)9(13)6-5-7-12/h12H,3-8H2,1-2H3. The van der Waals surface area contributed by atoms with Gasteiger partial charge in [-0.05, 0) is 20.3 Å². The Morgan fingerprint density at radius 1 is 1.33 bits per heavy atom. The normalized spacial score (nSPS) is 9.80. The predicted octanol–water partition coefficient (Wildman–Crippen LogP) is 0.171. The quantitative estimate of drug-likeness (QED) is 0.617. The molecule has 5 heteroatoms. The third kappa shape index (κ3) is 6.06. The van der Waals surface area contributed by atoms with Crippen LogP contribution in [0, 0.1) is 0 Å². The van der Waals surface area contributed by atoms with E-state index in [-0.39, 0.29) is 25.5 Å². The van der Waals surface area contributed by atoms with Crippen LogP contribution in [0.2, 0.25) is 0 Å². The molecule has 0 saturated heterocycles. The Bertz CT molecular complexity index is 206. The molecule has 0 heterocycles. The molecule has 1 N–H and O–H groups in total. The van der Waals surface area contributed by atoms with Crippen molar-refractivity contribution in [2.24, 2.45) is 0 Å². The summed E-state index contributed by atoms with van der Waals surface area (Å²) in [5.41, 5.74) is 0. The van der Waals surface area contributed by atoms with Gasteiger partial charge < -0.3 is 14.7 Å². The van der Waals surface area contributed by atoms with E-state index in [0.717, 1.165) is 0 Å². The number of carbonyl (C=O) groups excluding carboxylic acids is 2. The Kier molecular flexibility index (Phi) is 7.62. The average Bonchev–Trinajstić information content (AvgIpc) is 2.22. The van der Waals surface area contributed by atoms with E-state index in [1.54, 1.807) is 13.8 Å². The summed E-state index contributed by atoms with van der Waals surface area (Å²) in [5, 5.41) is 8.57. The summed E-state index contributed by atoms with van der Waals surface area (Å²) < 4.78 is 4.75. The lowest BCUT2D eigenvalue weighted by molar-refractivity contribution is -0.148. The van der Waals surface area contributed by atoms with Crippen molar-refractivity contribution in [1.29, 1.82) is 0 Å². The van der Waals surface area contributed by atoms with Gasteiger partial charge in [0.05, 0.1) is 6.61 Å². The van der Waals surface area contributed by atoms with Crippen molar-refractivity contribution in [1.82, 2.24) is 4.90 Å². The highest BCUT2D eigenvalue weighted by molar-refractivity contribution is 5.82. The number of rotatable bonds is 7. The average molecular weight is 217 g/mol. The Balaban J connectivity index is 4.00. The van der Waals surface area contributed by atoms with E-state index in [2.05, 4.69) is 0 Å². The summed E-state index contributed by atoms with van der Waals surface area (Å²) in [5.74, 6) is -0.517. The van der Waals surface area contributed by atoms with Crippen LogP contribution in [0.1, 0.15) is 26.7 Å². The molecule has 15 heavy (non-hydrogen) atoms. The van der Waals surface area contributed by atoms with Crippen molar-refractivity contribution in [3.05, 3.63) is 0 Å². The largest absolute Gasteiger partial charge is 0.465 e. The fourth-order valence-electron chi connectivity index (χ4n) is 1.13. The van der Waals surface area contributed by atoms with Crippen LogP contribution < -0.4 is 0 Å². The Morgan fingerprint density at radius 2 is 2.00 bits per heavy atom. The first kappa shape index (κ1) is 13.9. The molecule has 0 rings (SSSR count). The maximum atomic E-state index is 11.5. The van der Waals surface area contributed by atoms with E-state index in [1.807, 2.05) is 0 Å². The molecule has 0 saturated carbocycles. The summed E-state index contributed by atoms with van der Waals surface area (Å²) in [6, 6.07) is 0. The fraction of sp³-hybridized carbons (Fsp3) is 0.800. The summed E-state index contributed by atoms with van der Waals surface area (Å²) in [4.78, 5) is 24.0. The molecule has 5 nitrogen and oxygen atoms in total. The molecule has 0 aromatic carbocycles. The summed E-state index contributed by atoms with van der Waals surface area (Å²) in [7, 11) is 0. The minimum absolute atomic E-state index is 0.00536. The lowest BCUT2D eigenvalue weighted by Gasteiger charge is -2.19. The Morgan fingerprint density at radius 3 is 2.47 bits per heavy atom. The predicted molar refractivity (Wildman–Crippen MR) is 55.2 cm³/mol. The molecule has 0 spiro atoms. The maximum Gasteiger partial charge on any atom is 0.325 e. The van der Waals surface area contributed by atoms with Gasteiger partial charge in [-0.15, -0.1) is 0 Å². The number of esters is 1. The number of amides is 1. The zero-order chi connectivity index (χ0) is 11.7. The molecule has 0 aliphatic rings. The molecular formula is C10H19NO4. The van der Waals surface area contributed by atoms with E-state index in [4.69, 9.17) is 9.84 Å². The number of ether oxygens (including phenoxy) is 1. The maximum absolute atomic E-state index is 11.5. The number of aliphatic hydroxyl groups excluding tert-OH is 1. The van der Waals surface area contributed by atoms with Crippen molar-refractivity contribution in [3.63, 3.8) is 0 Å². The van der Waals surface area contributed by atoms with E-state index < -0.39 is 5.97 Å². The molecule has 0 aromatic heterocycles. The second-order valence-electron chi connectivity index (χ2n) is 3.04. The van der Waals surface area contributed by atoms with Gasteiger partial charge in [-0.2, -0.15) is 0 Å². The zero-order valence-electron chi connectivity index (χ0n) is 9.36. The molecule has 0 aromatic rings. The highest BCUT2D eigenvalue weighted by atomic mass is 16.5. The van der Waals surface area contributed by atoms with E-state index in [9.17, 15) is 9.59 Å². The zero-order valence-corrected chi connectivity index (χ0v) is 9.36. The Hall–Kier alpha value is -1.10. The third-order valence-electron chi connectivity index (χ3n) is 1.91. The van der Waals surface area contributed by atoms with Gasteiger partial charge in [0.25, 0.3) is 0 Å². The lowest BCUT2D eigenvalue weighted by Crippen LogP contribution is -2.36. The van der Waals surface area contributed by atoms with Crippen LogP contribution in [0.3, 0.4) is 0 Å². The molecule has 0 radical (unpaired) electrons. The van der Waals surface area contributed by atoms with Crippen molar-refractivity contribution in [2.75, 3.05) is 26.3 Å². The van der Waals surface area contributed by atoms with Crippen molar-refractivity contribution < 1.29 is 19.4 Å². The minimum atomic E-state index is -0.392. The molecular weight excluding hydrogens is 198 g/mol. The van der Waals surface area contributed by atoms with Crippen LogP contribution in [0.4, 0.5) is 0 Å². The van der Waals surface area contributed by atoms with Crippen LogP contribution in [0.25, 0.3) is 0 Å². The van der Waals surface area contributed by atoms with Gasteiger partial charge in [0, 0.05) is 19.6 Å². The number of hydrogen-bond acceptors (Lipinski definition) is 4. The van der Waals surface area contributed by atoms with Crippen molar-refractivity contribution >= 4 is 11.9 Å². The van der Waals surface area contributed by atoms with Gasteiger partial charge in [0.2, 0.25) is 5.91 Å². The van der Waals surface area contributed by atoms with Gasteiger partial charge in [0.15, 0.2) is 0 Å². The molecule has 0 bridgehead atoms. The number of hydrogen-bond donors (Lipinski definition) is 1. The van der Waals surface area contributed by atoms with Gasteiger partial charge in [-0.25, -0.2) is 0 Å². The first-order valence-electron chi connectivity index (χ1n) is 5.19. The Labute approximate surface area is 90.0 Å². The molecule has 0 fully saturated rings. The third-order valence-corrected chi connectivity index (χ3v) is 1.91. The molecule has 0 aliphatic heterocycles. The molecule has 88 valence electrons. The lowest BCUT2D eigenvalue weighted by atomic mass is 10.3. The number of nitrogens with zero attached hydrogens (tertiary/aromatic N) is 1. The summed E-state index contributed by atoms with van der Waals surface area (Å²) in [6.07, 6.45) is 0.696. The van der Waals surface area contributed by atoms with E-state index in [0.29, 0.717) is 19.6 Å². The van der Waals surface area contributed by atoms with Gasteiger partial charge in [0.1, 0.15) is 6.54 Å². The molecule has 0 unspecified atom stereocenters. The van der Waals surface area contributed by atoms with Crippen LogP contribution in [0.5, 0.6) is 0 Å². The molecule has 0 atom stereocenters. The smallest absolute Gasteiger partial charge is 0.325 e. The first-order valence-corrected chi connectivity index (χ1v) is 5.19. The first-order chi connectivity index (χ1) is 7.15. The van der Waals surface area contributed by atoms with Crippen molar-refractivity contribution in [2.45, 2.75) is 26.7 Å². The summed E-state index contributed by atoms with van der Waals surface area (Å²) in [6.45, 7) is 4.30. The van der Waals surface area contributed by atoms with Gasteiger partial charge in [-0.1, -0.05) is 0 Å². The molecule has 0 aliphatic carbocycles. The molecule has 1 amide bonds. The summed E-state index contributed by atoms with van der Waals surface area (Å²) >= 11 is 0. The van der Waals surface area contributed by atoms with E-state index in [1.165, 1.54) is 4.90 Å². The SMILES string of the molecule is CCOC(=O)CN(CC)C(=O)CCCO. The van der Waals surface area contributed by atoms with Crippen molar-refractivity contribution in [3.8, 4) is 0 Å². The topological polar surface area (TPSA) is 66.8 Å². The second kappa shape index (κ2) is 8.23. The monoisotopic (exact) mass is 217 g/mol.